The van der Waals surface area contributed by atoms with Gasteiger partial charge in [0.1, 0.15) is 11.6 Å². The zero-order chi connectivity index (χ0) is 35.6. The Morgan fingerprint density at radius 2 is 1.06 bits per heavy atom. The number of benzene rings is 1. The van der Waals surface area contributed by atoms with Gasteiger partial charge in [0.25, 0.3) is 0 Å². The number of H-pyrrole nitrogens is 3. The van der Waals surface area contributed by atoms with Crippen LogP contribution in [0.3, 0.4) is 0 Å². The molecule has 9 rings (SSSR count). The molecular weight excluding hydrogens is 702 g/mol. The van der Waals surface area contributed by atoms with Crippen molar-refractivity contribution >= 4 is 45.5 Å². The molecule has 14 heteroatoms. The van der Waals surface area contributed by atoms with Gasteiger partial charge in [-0.05, 0) is 72.8 Å². The van der Waals surface area contributed by atoms with Crippen molar-refractivity contribution < 1.29 is 4.39 Å². The Hall–Kier alpha value is -6.63. The van der Waals surface area contributed by atoms with E-state index in [9.17, 15) is 9.18 Å². The molecule has 1 aromatic carbocycles. The Balaban J connectivity index is 0.000000153. The lowest BCUT2D eigenvalue weighted by Gasteiger charge is -2.10. The van der Waals surface area contributed by atoms with Crippen molar-refractivity contribution in [1.82, 2.24) is 49.8 Å². The monoisotopic (exact) mass is 724 g/mol. The number of halogens is 3. The maximum absolute atomic E-state index is 13.3. The summed E-state index contributed by atoms with van der Waals surface area (Å²) in [5, 5.41) is 1.05. The molecule has 0 radical (unpaired) electrons. The van der Waals surface area contributed by atoms with Gasteiger partial charge in [0.05, 0.1) is 32.5 Å². The van der Waals surface area contributed by atoms with E-state index in [4.69, 9.17) is 28.2 Å². The van der Waals surface area contributed by atoms with E-state index in [1.807, 2.05) is 48.5 Å². The zero-order valence-electron chi connectivity index (χ0n) is 26.7. The molecule has 11 nitrogen and oxygen atoms in total. The van der Waals surface area contributed by atoms with E-state index in [0.29, 0.717) is 38.4 Å². The van der Waals surface area contributed by atoms with E-state index >= 15 is 0 Å². The maximum Gasteiger partial charge on any atom is 0.325 e. The highest BCUT2D eigenvalue weighted by molar-refractivity contribution is 6.33. The number of imidazole rings is 2. The third kappa shape index (κ3) is 6.51. The van der Waals surface area contributed by atoms with Gasteiger partial charge in [-0.1, -0.05) is 23.2 Å². The summed E-state index contributed by atoms with van der Waals surface area (Å²) in [6, 6.07) is 21.2. The SMILES string of the molecule is Fc1ccc(-c2nc3nc(-c4ccncc4)c(-c4ccncc4Cl)cc3[nH]2)cc1.O=c1[nH]c2cc(-c3ccncc3Cl)c(-c3ccncc3)nc2[nH]1. The van der Waals surface area contributed by atoms with Crippen LogP contribution in [0.15, 0.2) is 127 Å². The number of aromatic amines is 3. The van der Waals surface area contributed by atoms with Crippen LogP contribution in [0.5, 0.6) is 0 Å². The average Bonchev–Trinajstić information content (AvgIpc) is 3.77. The number of fused-ring (bicyclic) bond motifs is 2. The molecule has 0 amide bonds. The summed E-state index contributed by atoms with van der Waals surface area (Å²) in [5.74, 6) is 0.323. The Morgan fingerprint density at radius 3 is 1.63 bits per heavy atom. The van der Waals surface area contributed by atoms with Crippen LogP contribution in [0.4, 0.5) is 4.39 Å². The molecule has 0 atom stereocenters. The molecule has 8 aromatic heterocycles. The first-order chi connectivity index (χ1) is 25.4. The fourth-order valence-electron chi connectivity index (χ4n) is 5.71. The molecule has 9 aromatic rings. The Morgan fingerprint density at radius 1 is 0.519 bits per heavy atom. The van der Waals surface area contributed by atoms with Crippen LogP contribution in [0.25, 0.3) is 78.5 Å². The predicted octanol–water partition coefficient (Wildman–Crippen LogP) is 8.57. The number of nitrogens with zero attached hydrogens (tertiary/aromatic N) is 7. The van der Waals surface area contributed by atoms with Crippen LogP contribution in [0.2, 0.25) is 10.0 Å². The highest BCUT2D eigenvalue weighted by Crippen LogP contribution is 2.37. The van der Waals surface area contributed by atoms with E-state index in [2.05, 4.69) is 44.9 Å². The minimum absolute atomic E-state index is 0.294. The second kappa shape index (κ2) is 13.9. The molecule has 0 spiro atoms. The second-order valence-corrected chi connectivity index (χ2v) is 12.2. The zero-order valence-corrected chi connectivity index (χ0v) is 28.2. The summed E-state index contributed by atoms with van der Waals surface area (Å²) < 4.78 is 13.3. The fraction of sp³-hybridized carbons (Fsp3) is 0. The van der Waals surface area contributed by atoms with Crippen molar-refractivity contribution in [3.05, 3.63) is 149 Å². The summed E-state index contributed by atoms with van der Waals surface area (Å²) in [4.78, 5) is 50.4. The van der Waals surface area contributed by atoms with Crippen LogP contribution >= 0.6 is 23.2 Å². The standard InChI is InChI=1S/C22H13ClFN5.C16H10ClN5O/c23-18-12-26-10-7-16(18)17-11-19-22(28-20(17)13-5-8-25-9-6-13)29-21(27-19)14-1-3-15(24)4-2-14;17-12-8-19-6-3-10(12)11-7-13-15(22-16(23)20-13)21-14(11)9-1-4-18-5-2-9/h1-12H,(H,27,28,29);1-8H,(H2,20,21,22,23). The Kier molecular flexibility index (Phi) is 8.73. The largest absolute Gasteiger partial charge is 0.337 e. The molecule has 52 heavy (non-hydrogen) atoms. The lowest BCUT2D eigenvalue weighted by Crippen LogP contribution is -1.99. The number of rotatable bonds is 5. The van der Waals surface area contributed by atoms with E-state index in [0.717, 1.165) is 50.2 Å². The van der Waals surface area contributed by atoms with Crippen LogP contribution < -0.4 is 5.69 Å². The summed E-state index contributed by atoms with van der Waals surface area (Å²) in [7, 11) is 0. The molecule has 3 N–H and O–H groups in total. The van der Waals surface area contributed by atoms with E-state index in [1.165, 1.54) is 12.1 Å². The van der Waals surface area contributed by atoms with Gasteiger partial charge in [0.2, 0.25) is 0 Å². The molecule has 0 saturated carbocycles. The lowest BCUT2D eigenvalue weighted by atomic mass is 10.0. The second-order valence-electron chi connectivity index (χ2n) is 11.4. The molecule has 0 aliphatic carbocycles. The first-order valence-electron chi connectivity index (χ1n) is 15.7. The highest BCUT2D eigenvalue weighted by atomic mass is 35.5. The van der Waals surface area contributed by atoms with Gasteiger partial charge in [-0.25, -0.2) is 24.1 Å². The molecule has 0 aliphatic rings. The molecule has 0 fully saturated rings. The number of hydrogen-bond acceptors (Lipinski definition) is 8. The van der Waals surface area contributed by atoms with Crippen LogP contribution in [-0.4, -0.2) is 49.8 Å². The smallest absolute Gasteiger partial charge is 0.325 e. The van der Waals surface area contributed by atoms with Gasteiger partial charge in [0, 0.05) is 88.5 Å². The molecular formula is C38H23Cl2FN10O. The summed E-state index contributed by atoms with van der Waals surface area (Å²) in [6.45, 7) is 0. The fourth-order valence-corrected chi connectivity index (χ4v) is 6.15. The van der Waals surface area contributed by atoms with Gasteiger partial charge in [-0.2, -0.15) is 0 Å². The molecule has 0 aliphatic heterocycles. The first-order valence-corrected chi connectivity index (χ1v) is 16.5. The number of pyridine rings is 6. The third-order valence-electron chi connectivity index (χ3n) is 8.13. The number of aromatic nitrogens is 10. The molecule has 8 heterocycles. The van der Waals surface area contributed by atoms with Crippen molar-refractivity contribution in [2.75, 3.05) is 0 Å². The lowest BCUT2D eigenvalue weighted by molar-refractivity contribution is 0.628. The van der Waals surface area contributed by atoms with Crippen LogP contribution in [0.1, 0.15) is 0 Å². The van der Waals surface area contributed by atoms with E-state index in [1.54, 1.807) is 61.7 Å². The van der Waals surface area contributed by atoms with E-state index in [-0.39, 0.29) is 11.5 Å². The maximum atomic E-state index is 13.3. The highest BCUT2D eigenvalue weighted by Gasteiger charge is 2.18. The van der Waals surface area contributed by atoms with Gasteiger partial charge < -0.3 is 9.97 Å². The van der Waals surface area contributed by atoms with Gasteiger partial charge in [0.15, 0.2) is 11.3 Å². The van der Waals surface area contributed by atoms with Crippen LogP contribution in [0, 0.1) is 5.82 Å². The summed E-state index contributed by atoms with van der Waals surface area (Å²) in [5.41, 5.74) is 9.42. The summed E-state index contributed by atoms with van der Waals surface area (Å²) in [6.07, 6.45) is 13.4. The van der Waals surface area contributed by atoms with Crippen molar-refractivity contribution in [1.29, 1.82) is 0 Å². The average molecular weight is 726 g/mol. The van der Waals surface area contributed by atoms with Crippen molar-refractivity contribution in [3.63, 3.8) is 0 Å². The van der Waals surface area contributed by atoms with Gasteiger partial charge in [-0.15, -0.1) is 0 Å². The minimum atomic E-state index is -0.300. The van der Waals surface area contributed by atoms with Crippen molar-refractivity contribution in [2.45, 2.75) is 0 Å². The van der Waals surface area contributed by atoms with Gasteiger partial charge in [-0.3, -0.25) is 24.9 Å². The topological polar surface area (TPSA) is 155 Å². The molecule has 0 unspecified atom stereocenters. The van der Waals surface area contributed by atoms with Crippen LogP contribution in [-0.2, 0) is 0 Å². The molecule has 252 valence electrons. The third-order valence-corrected chi connectivity index (χ3v) is 8.73. The molecule has 0 saturated heterocycles. The van der Waals surface area contributed by atoms with Crippen molar-refractivity contribution in [2.24, 2.45) is 0 Å². The normalized spacial score (nSPS) is 11.1. The summed E-state index contributed by atoms with van der Waals surface area (Å²) >= 11 is 12.7. The molecule has 0 bridgehead atoms. The first kappa shape index (κ1) is 32.6. The van der Waals surface area contributed by atoms with Crippen molar-refractivity contribution in [3.8, 4) is 56.2 Å². The Bertz CT molecular complexity index is 2750. The number of nitrogens with one attached hydrogen (secondary N) is 3. The Labute approximate surface area is 303 Å². The quantitative estimate of drug-likeness (QED) is 0.159. The van der Waals surface area contributed by atoms with Gasteiger partial charge >= 0.3 is 5.69 Å². The predicted molar refractivity (Wildman–Crippen MR) is 199 cm³/mol. The van der Waals surface area contributed by atoms with E-state index < -0.39 is 0 Å². The minimum Gasteiger partial charge on any atom is -0.337 e. The number of hydrogen-bond donors (Lipinski definition) is 3.